The number of nitrogens with one attached hydrogen (secondary N) is 1. The van der Waals surface area contributed by atoms with Gasteiger partial charge in [0, 0.05) is 13.2 Å². The van der Waals surface area contributed by atoms with Crippen LogP contribution in [0.2, 0.25) is 0 Å². The van der Waals surface area contributed by atoms with Crippen molar-refractivity contribution in [3.8, 4) is 0 Å². The smallest absolute Gasteiger partial charge is 0.239 e. The van der Waals surface area contributed by atoms with E-state index >= 15 is 0 Å². The predicted octanol–water partition coefficient (Wildman–Crippen LogP) is -0.829. The van der Waals surface area contributed by atoms with Gasteiger partial charge in [-0.2, -0.15) is 0 Å². The first-order valence-electron chi connectivity index (χ1n) is 5.37. The van der Waals surface area contributed by atoms with E-state index < -0.39 is 6.04 Å². The van der Waals surface area contributed by atoms with Gasteiger partial charge in [0.05, 0.1) is 6.61 Å². The van der Waals surface area contributed by atoms with Crippen LogP contribution in [0.15, 0.2) is 0 Å². The summed E-state index contributed by atoms with van der Waals surface area (Å²) in [7, 11) is 3.64. The molecule has 1 saturated heterocycles. The van der Waals surface area contributed by atoms with Gasteiger partial charge in [0.15, 0.2) is 0 Å². The van der Waals surface area contributed by atoms with Crippen LogP contribution in [-0.4, -0.2) is 56.7 Å². The number of likely N-dealkylation sites (tertiary alicyclic amines) is 1. The molecule has 1 rings (SSSR count). The maximum absolute atomic E-state index is 11.6. The quantitative estimate of drug-likeness (QED) is 0.642. The summed E-state index contributed by atoms with van der Waals surface area (Å²) in [6.07, 6.45) is 2.00. The van der Waals surface area contributed by atoms with Crippen LogP contribution in [0.1, 0.15) is 12.8 Å². The van der Waals surface area contributed by atoms with Crippen molar-refractivity contribution in [3.05, 3.63) is 0 Å². The van der Waals surface area contributed by atoms with E-state index in [0.717, 1.165) is 25.9 Å². The number of hydrogen-bond donors (Lipinski definition) is 2. The molecule has 88 valence electrons. The van der Waals surface area contributed by atoms with Crippen molar-refractivity contribution in [3.63, 3.8) is 0 Å². The fourth-order valence-corrected chi connectivity index (χ4v) is 1.72. The van der Waals surface area contributed by atoms with Gasteiger partial charge < -0.3 is 20.7 Å². The molecule has 0 spiro atoms. The van der Waals surface area contributed by atoms with Crippen LogP contribution in [-0.2, 0) is 9.53 Å². The minimum absolute atomic E-state index is 0.105. The highest BCUT2D eigenvalue weighted by Crippen LogP contribution is 2.07. The largest absolute Gasteiger partial charge is 0.383 e. The summed E-state index contributed by atoms with van der Waals surface area (Å²) in [4.78, 5) is 13.8. The Morgan fingerprint density at radius 3 is 2.73 bits per heavy atom. The number of nitrogens with zero attached hydrogens (tertiary/aromatic N) is 1. The Morgan fingerprint density at radius 1 is 1.60 bits per heavy atom. The van der Waals surface area contributed by atoms with E-state index in [2.05, 4.69) is 17.3 Å². The average Bonchev–Trinajstić information content (AvgIpc) is 2.22. The molecule has 5 nitrogen and oxygen atoms in total. The Kier molecular flexibility index (Phi) is 5.01. The molecule has 1 heterocycles. The van der Waals surface area contributed by atoms with Gasteiger partial charge in [-0.3, -0.25) is 4.79 Å². The normalized spacial score (nSPS) is 21.3. The highest BCUT2D eigenvalue weighted by Gasteiger charge is 2.21. The van der Waals surface area contributed by atoms with Crippen LogP contribution in [0, 0.1) is 0 Å². The number of carbonyl (C=O) groups excluding carboxylic acids is 1. The highest BCUT2D eigenvalue weighted by molar-refractivity contribution is 5.81. The summed E-state index contributed by atoms with van der Waals surface area (Å²) in [6, 6.07) is -0.272. The lowest BCUT2D eigenvalue weighted by Crippen LogP contribution is -2.50. The lowest BCUT2D eigenvalue weighted by Gasteiger charge is -2.30. The molecule has 1 unspecified atom stereocenters. The fourth-order valence-electron chi connectivity index (χ4n) is 1.72. The molecule has 5 heteroatoms. The second kappa shape index (κ2) is 6.05. The second-order valence-corrected chi connectivity index (χ2v) is 4.15. The third kappa shape index (κ3) is 4.15. The van der Waals surface area contributed by atoms with E-state index in [-0.39, 0.29) is 18.6 Å². The first-order chi connectivity index (χ1) is 7.13. The van der Waals surface area contributed by atoms with Gasteiger partial charge in [-0.15, -0.1) is 0 Å². The predicted molar refractivity (Wildman–Crippen MR) is 58.5 cm³/mol. The zero-order valence-corrected chi connectivity index (χ0v) is 9.53. The van der Waals surface area contributed by atoms with Crippen molar-refractivity contribution >= 4 is 5.91 Å². The van der Waals surface area contributed by atoms with Gasteiger partial charge >= 0.3 is 0 Å². The van der Waals surface area contributed by atoms with Crippen molar-refractivity contribution in [2.24, 2.45) is 5.73 Å². The summed E-state index contributed by atoms with van der Waals surface area (Å²) in [5.74, 6) is -0.105. The molecule has 0 bridgehead atoms. The van der Waals surface area contributed by atoms with Crippen molar-refractivity contribution in [1.82, 2.24) is 10.2 Å². The Bertz CT molecular complexity index is 203. The van der Waals surface area contributed by atoms with Crippen LogP contribution in [0.5, 0.6) is 0 Å². The van der Waals surface area contributed by atoms with Crippen LogP contribution >= 0.6 is 0 Å². The van der Waals surface area contributed by atoms with Crippen molar-refractivity contribution in [2.45, 2.75) is 24.9 Å². The Labute approximate surface area is 90.9 Å². The minimum atomic E-state index is -0.547. The van der Waals surface area contributed by atoms with E-state index in [1.165, 1.54) is 0 Å². The van der Waals surface area contributed by atoms with E-state index in [0.29, 0.717) is 0 Å². The van der Waals surface area contributed by atoms with Crippen LogP contribution in [0.4, 0.5) is 0 Å². The number of rotatable bonds is 4. The summed E-state index contributed by atoms with van der Waals surface area (Å²) in [6.45, 7) is 2.34. The molecule has 0 aromatic heterocycles. The lowest BCUT2D eigenvalue weighted by molar-refractivity contribution is -0.124. The summed E-state index contributed by atoms with van der Waals surface area (Å²) >= 11 is 0. The number of nitrogens with two attached hydrogens (primary N) is 1. The van der Waals surface area contributed by atoms with Gasteiger partial charge in [-0.25, -0.2) is 0 Å². The molecule has 15 heavy (non-hydrogen) atoms. The van der Waals surface area contributed by atoms with Gasteiger partial charge in [0.1, 0.15) is 6.04 Å². The summed E-state index contributed by atoms with van der Waals surface area (Å²) in [5.41, 5.74) is 5.62. The molecule has 1 fully saturated rings. The number of methoxy groups -OCH3 is 1. The molecule has 1 aliphatic heterocycles. The van der Waals surface area contributed by atoms with E-state index in [1.54, 1.807) is 7.11 Å². The molecule has 1 amide bonds. The molecule has 0 saturated carbocycles. The Morgan fingerprint density at radius 2 is 2.20 bits per heavy atom. The van der Waals surface area contributed by atoms with Crippen LogP contribution in [0.3, 0.4) is 0 Å². The topological polar surface area (TPSA) is 67.6 Å². The van der Waals surface area contributed by atoms with Crippen LogP contribution < -0.4 is 11.1 Å². The molecule has 0 aromatic carbocycles. The van der Waals surface area contributed by atoms with E-state index in [9.17, 15) is 4.79 Å². The van der Waals surface area contributed by atoms with E-state index in [4.69, 9.17) is 10.5 Å². The molecule has 1 atom stereocenters. The number of carbonyl (C=O) groups is 1. The molecule has 3 N–H and O–H groups in total. The summed E-state index contributed by atoms with van der Waals surface area (Å²) < 4.78 is 4.84. The molecular formula is C10H21N3O2. The standard InChI is InChI=1S/C10H21N3O2/c1-13-5-3-8(4-6-13)12-10(14)9(11)7-15-2/h8-9H,3-7,11H2,1-2H3,(H,12,14). The maximum atomic E-state index is 11.6. The Hall–Kier alpha value is -0.650. The third-order valence-corrected chi connectivity index (χ3v) is 2.75. The van der Waals surface area contributed by atoms with Gasteiger partial charge in [-0.1, -0.05) is 0 Å². The van der Waals surface area contributed by atoms with Crippen molar-refractivity contribution < 1.29 is 9.53 Å². The number of piperidine rings is 1. The van der Waals surface area contributed by atoms with Crippen LogP contribution in [0.25, 0.3) is 0 Å². The molecule has 0 aromatic rings. The monoisotopic (exact) mass is 215 g/mol. The molecule has 1 aliphatic rings. The molecule has 0 radical (unpaired) electrons. The van der Waals surface area contributed by atoms with Gasteiger partial charge in [-0.05, 0) is 33.0 Å². The highest BCUT2D eigenvalue weighted by atomic mass is 16.5. The second-order valence-electron chi connectivity index (χ2n) is 4.15. The first-order valence-corrected chi connectivity index (χ1v) is 5.37. The van der Waals surface area contributed by atoms with Crippen molar-refractivity contribution in [1.29, 1.82) is 0 Å². The molecular weight excluding hydrogens is 194 g/mol. The lowest BCUT2D eigenvalue weighted by atomic mass is 10.1. The zero-order valence-electron chi connectivity index (χ0n) is 9.53. The maximum Gasteiger partial charge on any atom is 0.239 e. The number of hydrogen-bond acceptors (Lipinski definition) is 4. The first kappa shape index (κ1) is 12.4. The number of amides is 1. The van der Waals surface area contributed by atoms with Gasteiger partial charge in [0.25, 0.3) is 0 Å². The molecule has 0 aliphatic carbocycles. The van der Waals surface area contributed by atoms with Crippen molar-refractivity contribution in [2.75, 3.05) is 33.9 Å². The number of ether oxygens (including phenoxy) is 1. The van der Waals surface area contributed by atoms with Gasteiger partial charge in [0.2, 0.25) is 5.91 Å². The third-order valence-electron chi connectivity index (χ3n) is 2.75. The SMILES string of the molecule is COCC(N)C(=O)NC1CCN(C)CC1. The fraction of sp³-hybridized carbons (Fsp3) is 0.900. The minimum Gasteiger partial charge on any atom is -0.383 e. The zero-order chi connectivity index (χ0) is 11.3. The van der Waals surface area contributed by atoms with E-state index in [1.807, 2.05) is 0 Å². The Balaban J connectivity index is 2.25. The summed E-state index contributed by atoms with van der Waals surface area (Å²) in [5, 5.41) is 2.95. The average molecular weight is 215 g/mol.